The molecule has 1 aromatic heterocycles. The molecule has 0 N–H and O–H groups in total. The largest absolute Gasteiger partial charge is 0.143 e. The Bertz CT molecular complexity index is 581. The number of halogens is 1. The molecular formula is C18H21ClS. The smallest absolute Gasteiger partial charge is 0.0713 e. The van der Waals surface area contributed by atoms with Crippen LogP contribution in [0.25, 0.3) is 0 Å². The minimum absolute atomic E-state index is 0.142. The highest BCUT2D eigenvalue weighted by Gasteiger charge is 2.29. The van der Waals surface area contributed by atoms with Gasteiger partial charge in [-0.25, -0.2) is 0 Å². The molecule has 2 heteroatoms. The first kappa shape index (κ1) is 14.2. The molecule has 0 fully saturated rings. The number of thiophene rings is 1. The molecule has 0 aliphatic heterocycles. The second kappa shape index (κ2) is 5.20. The van der Waals surface area contributed by atoms with Crippen LogP contribution in [0.5, 0.6) is 0 Å². The third-order valence-electron chi connectivity index (χ3n) is 4.13. The molecule has 0 bridgehead atoms. The van der Waals surface area contributed by atoms with Crippen molar-refractivity contribution in [1.29, 1.82) is 0 Å². The zero-order valence-corrected chi connectivity index (χ0v) is 13.9. The van der Waals surface area contributed by atoms with Crippen LogP contribution >= 0.6 is 22.9 Å². The maximum atomic E-state index is 6.78. The second-order valence-corrected chi connectivity index (χ2v) is 8.38. The van der Waals surface area contributed by atoms with Crippen molar-refractivity contribution >= 4 is 22.9 Å². The normalized spacial score (nSPS) is 17.2. The Morgan fingerprint density at radius 3 is 2.15 bits per heavy atom. The third-order valence-corrected chi connectivity index (χ3v) is 6.45. The van der Waals surface area contributed by atoms with Gasteiger partial charge in [0.15, 0.2) is 0 Å². The van der Waals surface area contributed by atoms with Crippen LogP contribution in [0.1, 0.15) is 47.0 Å². The fraction of sp³-hybridized carbons (Fsp3) is 0.444. The summed E-state index contributed by atoms with van der Waals surface area (Å²) in [5.41, 5.74) is 3.18. The van der Waals surface area contributed by atoms with Crippen LogP contribution in [-0.4, -0.2) is 0 Å². The van der Waals surface area contributed by atoms with Crippen molar-refractivity contribution in [3.05, 3.63) is 57.3 Å². The summed E-state index contributed by atoms with van der Waals surface area (Å²) >= 11 is 8.66. The molecule has 0 radical (unpaired) electrons. The first-order valence-electron chi connectivity index (χ1n) is 7.26. The van der Waals surface area contributed by atoms with Gasteiger partial charge in [0, 0.05) is 9.75 Å². The summed E-state index contributed by atoms with van der Waals surface area (Å²) in [4.78, 5) is 2.75. The average molecular weight is 305 g/mol. The highest BCUT2D eigenvalue weighted by Crippen LogP contribution is 2.42. The van der Waals surface area contributed by atoms with Gasteiger partial charge < -0.3 is 0 Å². The van der Waals surface area contributed by atoms with Crippen LogP contribution in [0.4, 0.5) is 0 Å². The lowest BCUT2D eigenvalue weighted by molar-refractivity contribution is 0.546. The minimum atomic E-state index is 0.142. The summed E-state index contributed by atoms with van der Waals surface area (Å²) in [5.74, 6) is 0.542. The van der Waals surface area contributed by atoms with Crippen LogP contribution in [0.3, 0.4) is 0 Å². The molecule has 20 heavy (non-hydrogen) atoms. The highest BCUT2D eigenvalue weighted by atomic mass is 35.5. The number of alkyl halides is 1. The van der Waals surface area contributed by atoms with Gasteiger partial charge in [0.2, 0.25) is 0 Å². The van der Waals surface area contributed by atoms with E-state index in [1.807, 2.05) is 11.3 Å². The van der Waals surface area contributed by atoms with Gasteiger partial charge in [-0.05, 0) is 47.4 Å². The van der Waals surface area contributed by atoms with Gasteiger partial charge in [-0.15, -0.1) is 22.9 Å². The summed E-state index contributed by atoms with van der Waals surface area (Å²) in [7, 11) is 0. The quantitative estimate of drug-likeness (QED) is 0.621. The van der Waals surface area contributed by atoms with Gasteiger partial charge in [0.1, 0.15) is 0 Å². The summed E-state index contributed by atoms with van der Waals surface area (Å²) in [6.45, 7) is 6.78. The van der Waals surface area contributed by atoms with Crippen molar-refractivity contribution < 1.29 is 0 Å². The van der Waals surface area contributed by atoms with Crippen molar-refractivity contribution in [3.8, 4) is 0 Å². The maximum Gasteiger partial charge on any atom is 0.0713 e. The standard InChI is InChI=1S/C18H21ClS/c1-18(2,3)16-9-8-15(20-16)17(19)14-10-12-6-4-5-7-13(12)11-14/h4-9,14,17H,10-11H2,1-3H3. The Morgan fingerprint density at radius 2 is 1.65 bits per heavy atom. The Balaban J connectivity index is 1.78. The zero-order valence-electron chi connectivity index (χ0n) is 12.3. The molecule has 1 atom stereocenters. The van der Waals surface area contributed by atoms with E-state index in [4.69, 9.17) is 11.6 Å². The fourth-order valence-electron chi connectivity index (χ4n) is 2.94. The number of hydrogen-bond donors (Lipinski definition) is 0. The van der Waals surface area contributed by atoms with Gasteiger partial charge in [-0.3, -0.25) is 0 Å². The van der Waals surface area contributed by atoms with Crippen LogP contribution in [-0.2, 0) is 18.3 Å². The molecule has 0 nitrogen and oxygen atoms in total. The molecule has 0 spiro atoms. The van der Waals surface area contributed by atoms with E-state index in [-0.39, 0.29) is 10.8 Å². The van der Waals surface area contributed by atoms with Gasteiger partial charge >= 0.3 is 0 Å². The van der Waals surface area contributed by atoms with E-state index in [1.54, 1.807) is 0 Å². The number of hydrogen-bond acceptors (Lipinski definition) is 1. The first-order chi connectivity index (χ1) is 9.45. The molecular weight excluding hydrogens is 284 g/mol. The lowest BCUT2D eigenvalue weighted by Gasteiger charge is -2.17. The van der Waals surface area contributed by atoms with Crippen molar-refractivity contribution in [2.45, 2.75) is 44.4 Å². The lowest BCUT2D eigenvalue weighted by atomic mass is 9.95. The van der Waals surface area contributed by atoms with Crippen molar-refractivity contribution in [2.75, 3.05) is 0 Å². The summed E-state index contributed by atoms with van der Waals surface area (Å²) < 4.78 is 0. The van der Waals surface area contributed by atoms with E-state index in [1.165, 1.54) is 20.9 Å². The molecule has 0 saturated carbocycles. The van der Waals surface area contributed by atoms with Gasteiger partial charge in [0.25, 0.3) is 0 Å². The monoisotopic (exact) mass is 304 g/mol. The van der Waals surface area contributed by atoms with Gasteiger partial charge in [0.05, 0.1) is 5.38 Å². The number of rotatable bonds is 2. The van der Waals surface area contributed by atoms with E-state index >= 15 is 0 Å². The van der Waals surface area contributed by atoms with E-state index in [0.717, 1.165) is 12.8 Å². The molecule has 2 aromatic rings. The molecule has 0 amide bonds. The summed E-state index contributed by atoms with van der Waals surface area (Å²) in [6, 6.07) is 13.2. The van der Waals surface area contributed by atoms with Crippen LogP contribution in [0.15, 0.2) is 36.4 Å². The highest BCUT2D eigenvalue weighted by molar-refractivity contribution is 7.12. The molecule has 1 aliphatic rings. The fourth-order valence-corrected chi connectivity index (χ4v) is 4.46. The van der Waals surface area contributed by atoms with Crippen LogP contribution in [0, 0.1) is 5.92 Å². The predicted octanol–water partition coefficient (Wildman–Crippen LogP) is 5.74. The first-order valence-corrected chi connectivity index (χ1v) is 8.51. The van der Waals surface area contributed by atoms with E-state index < -0.39 is 0 Å². The van der Waals surface area contributed by atoms with Gasteiger partial charge in [-0.1, -0.05) is 45.0 Å². The molecule has 106 valence electrons. The molecule has 1 aromatic carbocycles. The van der Waals surface area contributed by atoms with Crippen molar-refractivity contribution in [1.82, 2.24) is 0 Å². The minimum Gasteiger partial charge on any atom is -0.143 e. The van der Waals surface area contributed by atoms with E-state index in [0.29, 0.717) is 5.92 Å². The third kappa shape index (κ3) is 2.66. The second-order valence-electron chi connectivity index (χ2n) is 6.79. The van der Waals surface area contributed by atoms with Gasteiger partial charge in [-0.2, -0.15) is 0 Å². The van der Waals surface area contributed by atoms with Crippen molar-refractivity contribution in [2.24, 2.45) is 5.92 Å². The predicted molar refractivity (Wildman–Crippen MR) is 89.0 cm³/mol. The van der Waals surface area contributed by atoms with Crippen molar-refractivity contribution in [3.63, 3.8) is 0 Å². The average Bonchev–Trinajstić information content (AvgIpc) is 3.04. The Kier molecular flexibility index (Phi) is 3.68. The lowest BCUT2D eigenvalue weighted by Crippen LogP contribution is -2.08. The Labute approximate surface area is 130 Å². The van der Waals surface area contributed by atoms with E-state index in [9.17, 15) is 0 Å². The SMILES string of the molecule is CC(C)(C)c1ccc(C(Cl)C2Cc3ccccc3C2)s1. The number of fused-ring (bicyclic) bond motifs is 1. The number of benzene rings is 1. The zero-order chi connectivity index (χ0) is 14.3. The van der Waals surface area contributed by atoms with Crippen LogP contribution < -0.4 is 0 Å². The Morgan fingerprint density at radius 1 is 1.05 bits per heavy atom. The summed E-state index contributed by atoms with van der Waals surface area (Å²) in [6.07, 6.45) is 2.24. The molecule has 1 heterocycles. The molecule has 1 aliphatic carbocycles. The molecule has 3 rings (SSSR count). The van der Waals surface area contributed by atoms with E-state index in [2.05, 4.69) is 57.2 Å². The summed E-state index contributed by atoms with van der Waals surface area (Å²) in [5, 5.41) is 0.142. The molecule has 1 unspecified atom stereocenters. The topological polar surface area (TPSA) is 0 Å². The maximum absolute atomic E-state index is 6.78. The van der Waals surface area contributed by atoms with Crippen LogP contribution in [0.2, 0.25) is 0 Å². The Hall–Kier alpha value is -0.790. The molecule has 0 saturated heterocycles.